The molecule has 0 amide bonds. The van der Waals surface area contributed by atoms with Crippen LogP contribution in [0.25, 0.3) is 39.4 Å². The number of para-hydroxylation sites is 2. The largest absolute Gasteiger partial charge is 0.517 e. The van der Waals surface area contributed by atoms with Crippen LogP contribution in [0.1, 0.15) is 22.3 Å². The summed E-state index contributed by atoms with van der Waals surface area (Å²) < 4.78 is 8.53. The van der Waals surface area contributed by atoms with Gasteiger partial charge in [0, 0.05) is 38.6 Å². The summed E-state index contributed by atoms with van der Waals surface area (Å²) in [6, 6.07) is 45.8. The van der Waals surface area contributed by atoms with Crippen molar-refractivity contribution in [1.29, 1.82) is 0 Å². The van der Waals surface area contributed by atoms with E-state index in [4.69, 9.17) is 14.7 Å². The number of rotatable bonds is 5. The van der Waals surface area contributed by atoms with Crippen molar-refractivity contribution in [3.8, 4) is 45.7 Å². The Bertz CT molecular complexity index is 2250. The number of phenolic OH excluding ortho intramolecular Hbond substituents is 1. The minimum atomic E-state index is 0. The van der Waals surface area contributed by atoms with Gasteiger partial charge in [-0.1, -0.05) is 84.4 Å². The number of aromatic hydroxyl groups is 1. The molecule has 2 aromatic heterocycles. The standard InChI is InChI=1S/C41H30N3O2.Pt/c45-37-18-7-6-16-33(37)27-12-8-15-32(22-27)46-38-19-9-17-36(42-38)40-43-35-21-20-30-25-41(23-28-10-4-5-11-29(28)24-41)26-34(30)39(35)44(40)31-13-2-1-3-14-31;/h1-21,45H,23-26H2;/q-1;. The van der Waals surface area contributed by atoms with E-state index in [1.807, 2.05) is 54.6 Å². The Balaban J connectivity index is 0.00000324. The van der Waals surface area contributed by atoms with Gasteiger partial charge in [0.15, 0.2) is 5.82 Å². The van der Waals surface area contributed by atoms with Crippen LogP contribution in [0.5, 0.6) is 17.4 Å². The molecule has 0 saturated heterocycles. The first-order valence-corrected chi connectivity index (χ1v) is 15.7. The minimum Gasteiger partial charge on any atom is -0.517 e. The molecule has 47 heavy (non-hydrogen) atoms. The summed E-state index contributed by atoms with van der Waals surface area (Å²) >= 11 is 0. The van der Waals surface area contributed by atoms with E-state index in [9.17, 15) is 5.11 Å². The van der Waals surface area contributed by atoms with E-state index in [0.717, 1.165) is 54.0 Å². The molecule has 2 aliphatic carbocycles. The summed E-state index contributed by atoms with van der Waals surface area (Å²) in [7, 11) is 0. The second-order valence-corrected chi connectivity index (χ2v) is 12.6. The fraction of sp³-hybridized carbons (Fsp3) is 0.122. The van der Waals surface area contributed by atoms with Gasteiger partial charge in [-0.3, -0.25) is 4.57 Å². The molecule has 0 fully saturated rings. The molecule has 5 aromatic carbocycles. The molecule has 0 atom stereocenters. The molecule has 0 aliphatic heterocycles. The van der Waals surface area contributed by atoms with Crippen LogP contribution in [0.3, 0.4) is 0 Å². The fourth-order valence-electron chi connectivity index (χ4n) is 7.58. The number of nitrogens with zero attached hydrogens (tertiary/aromatic N) is 3. The van der Waals surface area contributed by atoms with E-state index >= 15 is 0 Å². The molecule has 0 unspecified atom stereocenters. The summed E-state index contributed by atoms with van der Waals surface area (Å²) in [5, 5.41) is 10.4. The fourth-order valence-corrected chi connectivity index (χ4v) is 7.58. The Morgan fingerprint density at radius 2 is 1.38 bits per heavy atom. The van der Waals surface area contributed by atoms with Crippen molar-refractivity contribution in [1.82, 2.24) is 14.5 Å². The average Bonchev–Trinajstić information content (AvgIpc) is 3.77. The average molecular weight is 792 g/mol. The van der Waals surface area contributed by atoms with Gasteiger partial charge in [-0.25, -0.2) is 9.97 Å². The molecular weight excluding hydrogens is 762 g/mol. The van der Waals surface area contributed by atoms with Gasteiger partial charge >= 0.3 is 0 Å². The third kappa shape index (κ3) is 5.16. The van der Waals surface area contributed by atoms with Crippen LogP contribution in [0.15, 0.2) is 127 Å². The Kier molecular flexibility index (Phi) is 7.30. The number of pyridine rings is 1. The Hall–Kier alpha value is -4.99. The third-order valence-electron chi connectivity index (χ3n) is 9.53. The second-order valence-electron chi connectivity index (χ2n) is 12.6. The number of aromatic nitrogens is 3. The monoisotopic (exact) mass is 791 g/mol. The molecule has 1 spiro atoms. The number of benzene rings is 5. The Labute approximate surface area is 287 Å². The molecule has 5 nitrogen and oxygen atoms in total. The van der Waals surface area contributed by atoms with Gasteiger partial charge in [-0.2, -0.15) is 0 Å². The van der Waals surface area contributed by atoms with Crippen LogP contribution in [0.4, 0.5) is 0 Å². The van der Waals surface area contributed by atoms with Crippen molar-refractivity contribution < 1.29 is 30.9 Å². The van der Waals surface area contributed by atoms with E-state index in [1.165, 1.54) is 27.8 Å². The number of imidazole rings is 1. The smallest absolute Gasteiger partial charge is 0.217 e. The topological polar surface area (TPSA) is 60.2 Å². The van der Waals surface area contributed by atoms with Crippen LogP contribution in [0, 0.1) is 11.5 Å². The van der Waals surface area contributed by atoms with Crippen molar-refractivity contribution in [3.63, 3.8) is 0 Å². The first kappa shape index (κ1) is 29.4. The number of ether oxygens (including phenoxy) is 1. The van der Waals surface area contributed by atoms with Crippen molar-refractivity contribution in [3.05, 3.63) is 156 Å². The molecule has 0 bridgehead atoms. The van der Waals surface area contributed by atoms with Gasteiger partial charge in [-0.05, 0) is 83.7 Å². The van der Waals surface area contributed by atoms with E-state index in [0.29, 0.717) is 17.2 Å². The van der Waals surface area contributed by atoms with Crippen molar-refractivity contribution >= 4 is 11.0 Å². The van der Waals surface area contributed by atoms with Gasteiger partial charge in [0.1, 0.15) is 5.69 Å². The third-order valence-corrected chi connectivity index (χ3v) is 9.53. The second kappa shape index (κ2) is 11.7. The minimum absolute atomic E-state index is 0. The zero-order valence-electron chi connectivity index (χ0n) is 25.5. The molecule has 232 valence electrons. The molecule has 0 saturated carbocycles. The molecule has 2 heterocycles. The number of phenols is 1. The normalized spacial score (nSPS) is 14.1. The quantitative estimate of drug-likeness (QED) is 0.177. The van der Waals surface area contributed by atoms with E-state index < -0.39 is 0 Å². The van der Waals surface area contributed by atoms with E-state index in [-0.39, 0.29) is 32.2 Å². The molecular formula is C41H30N3O2Pt-. The summed E-state index contributed by atoms with van der Waals surface area (Å²) in [4.78, 5) is 10.2. The molecule has 2 aliphatic rings. The van der Waals surface area contributed by atoms with Crippen LogP contribution in [0.2, 0.25) is 0 Å². The summed E-state index contributed by atoms with van der Waals surface area (Å²) in [5.41, 5.74) is 11.4. The summed E-state index contributed by atoms with van der Waals surface area (Å²) in [5.74, 6) is 1.94. The van der Waals surface area contributed by atoms with Crippen LogP contribution >= 0.6 is 0 Å². The van der Waals surface area contributed by atoms with Crippen molar-refractivity contribution in [2.75, 3.05) is 0 Å². The van der Waals surface area contributed by atoms with Crippen molar-refractivity contribution in [2.24, 2.45) is 5.41 Å². The molecule has 7 aromatic rings. The number of hydrogen-bond acceptors (Lipinski definition) is 4. The zero-order chi connectivity index (χ0) is 30.7. The Morgan fingerprint density at radius 1 is 0.660 bits per heavy atom. The van der Waals surface area contributed by atoms with Crippen LogP contribution in [-0.2, 0) is 46.7 Å². The predicted octanol–water partition coefficient (Wildman–Crippen LogP) is 8.93. The summed E-state index contributed by atoms with van der Waals surface area (Å²) in [6.45, 7) is 0. The molecule has 9 rings (SSSR count). The van der Waals surface area contributed by atoms with Gasteiger partial charge in [0.25, 0.3) is 0 Å². The SMILES string of the molecule is Oc1ccccc1-c1[c-]c(Oc2cccc(-c3nc4ccc5c(c4n3-c3ccccc3)CC3(Cc4ccccc4C3)C5)n2)ccc1.[Pt]. The van der Waals surface area contributed by atoms with E-state index in [2.05, 4.69) is 71.3 Å². The Morgan fingerprint density at radius 3 is 2.19 bits per heavy atom. The number of fused-ring (bicyclic) bond motifs is 4. The van der Waals surface area contributed by atoms with Gasteiger partial charge in [0.05, 0.1) is 16.8 Å². The number of hydrogen-bond donors (Lipinski definition) is 1. The summed E-state index contributed by atoms with van der Waals surface area (Å²) in [6.07, 6.45) is 4.36. The first-order chi connectivity index (χ1) is 22.6. The maximum absolute atomic E-state index is 10.4. The van der Waals surface area contributed by atoms with Crippen LogP contribution < -0.4 is 4.74 Å². The molecule has 6 heteroatoms. The molecule has 1 N–H and O–H groups in total. The zero-order valence-corrected chi connectivity index (χ0v) is 27.7. The van der Waals surface area contributed by atoms with Crippen molar-refractivity contribution in [2.45, 2.75) is 25.7 Å². The van der Waals surface area contributed by atoms with Gasteiger partial charge in [0.2, 0.25) is 5.88 Å². The predicted molar refractivity (Wildman–Crippen MR) is 180 cm³/mol. The van der Waals surface area contributed by atoms with Gasteiger partial charge in [-0.15, -0.1) is 23.8 Å². The van der Waals surface area contributed by atoms with Crippen LogP contribution in [-0.4, -0.2) is 19.6 Å². The van der Waals surface area contributed by atoms with E-state index in [1.54, 1.807) is 12.1 Å². The van der Waals surface area contributed by atoms with Gasteiger partial charge < -0.3 is 9.84 Å². The maximum atomic E-state index is 10.4. The first-order valence-electron chi connectivity index (χ1n) is 15.7. The maximum Gasteiger partial charge on any atom is 0.217 e. The molecule has 0 radical (unpaired) electrons.